The van der Waals surface area contributed by atoms with Crippen LogP contribution < -0.4 is 0 Å². The Kier molecular flexibility index (Phi) is 2.73. The molecule has 1 N–H and O–H groups in total. The molecule has 0 aliphatic rings. The summed E-state index contributed by atoms with van der Waals surface area (Å²) in [6.45, 7) is 3.75. The van der Waals surface area contributed by atoms with Crippen molar-refractivity contribution in [2.24, 2.45) is 0 Å². The first-order chi connectivity index (χ1) is 5.90. The fraction of sp³-hybridized carbons (Fsp3) is 0.333. The fourth-order valence-electron chi connectivity index (χ4n) is 1.16. The lowest BCUT2D eigenvalue weighted by atomic mass is 10.1. The molecule has 0 aliphatic carbocycles. The molecule has 0 saturated heterocycles. The van der Waals surface area contributed by atoms with Crippen LogP contribution >= 0.6 is 0 Å². The standard InChI is InChI=1S/C9H12O3S/c1-7-4-3-5-9(8(7)2)6-13(10,11)12/h3-5H,6H2,1-2H3,(H,10,11,12). The van der Waals surface area contributed by atoms with Gasteiger partial charge in [0.15, 0.2) is 0 Å². The zero-order chi connectivity index (χ0) is 10.1. The van der Waals surface area contributed by atoms with Crippen LogP contribution in [0.5, 0.6) is 0 Å². The molecule has 1 aromatic carbocycles. The van der Waals surface area contributed by atoms with E-state index in [1.165, 1.54) is 0 Å². The van der Waals surface area contributed by atoms with Gasteiger partial charge in [0.1, 0.15) is 5.75 Å². The van der Waals surface area contributed by atoms with E-state index in [1.54, 1.807) is 12.1 Å². The second-order valence-corrected chi connectivity index (χ2v) is 4.54. The van der Waals surface area contributed by atoms with Gasteiger partial charge in [0, 0.05) is 0 Å². The maximum absolute atomic E-state index is 10.6. The second kappa shape index (κ2) is 3.47. The highest BCUT2D eigenvalue weighted by atomic mass is 32.2. The zero-order valence-corrected chi connectivity index (χ0v) is 8.43. The Labute approximate surface area is 78.2 Å². The van der Waals surface area contributed by atoms with Crippen molar-refractivity contribution < 1.29 is 13.0 Å². The maximum Gasteiger partial charge on any atom is 0.269 e. The number of aryl methyl sites for hydroxylation is 1. The molecule has 0 aromatic heterocycles. The minimum absolute atomic E-state index is 0.305. The molecule has 0 aliphatic heterocycles. The molecule has 0 radical (unpaired) electrons. The highest BCUT2D eigenvalue weighted by Gasteiger charge is 2.09. The molecule has 72 valence electrons. The number of hydrogen-bond donors (Lipinski definition) is 1. The zero-order valence-electron chi connectivity index (χ0n) is 7.61. The lowest BCUT2D eigenvalue weighted by Crippen LogP contribution is -2.03. The van der Waals surface area contributed by atoms with E-state index >= 15 is 0 Å². The predicted octanol–water partition coefficient (Wildman–Crippen LogP) is 1.69. The molecule has 1 rings (SSSR count). The molecule has 0 bridgehead atoms. The first kappa shape index (κ1) is 10.2. The topological polar surface area (TPSA) is 54.4 Å². The molecule has 0 unspecified atom stereocenters. The Hall–Kier alpha value is -0.870. The molecule has 0 heterocycles. The third-order valence-corrected chi connectivity index (χ3v) is 2.73. The summed E-state index contributed by atoms with van der Waals surface area (Å²) in [6.07, 6.45) is 0. The van der Waals surface area contributed by atoms with Gasteiger partial charge in [0.2, 0.25) is 0 Å². The summed E-state index contributed by atoms with van der Waals surface area (Å²) >= 11 is 0. The van der Waals surface area contributed by atoms with Gasteiger partial charge in [-0.05, 0) is 30.5 Å². The van der Waals surface area contributed by atoms with Crippen LogP contribution in [0.25, 0.3) is 0 Å². The Morgan fingerprint density at radius 2 is 1.92 bits per heavy atom. The summed E-state index contributed by atoms with van der Waals surface area (Å²) in [7, 11) is -3.92. The summed E-state index contributed by atoms with van der Waals surface area (Å²) in [5.41, 5.74) is 2.60. The van der Waals surface area contributed by atoms with Gasteiger partial charge in [-0.25, -0.2) is 0 Å². The predicted molar refractivity (Wildman–Crippen MR) is 51.2 cm³/mol. The maximum atomic E-state index is 10.6. The smallest absolute Gasteiger partial charge is 0.269 e. The van der Waals surface area contributed by atoms with Crippen molar-refractivity contribution in [1.82, 2.24) is 0 Å². The third kappa shape index (κ3) is 2.82. The van der Waals surface area contributed by atoms with Crippen LogP contribution in [0.4, 0.5) is 0 Å². The van der Waals surface area contributed by atoms with Crippen molar-refractivity contribution in [3.8, 4) is 0 Å². The largest absolute Gasteiger partial charge is 0.285 e. The number of benzene rings is 1. The average molecular weight is 200 g/mol. The molecule has 0 saturated carbocycles. The highest BCUT2D eigenvalue weighted by molar-refractivity contribution is 7.85. The first-order valence-corrected chi connectivity index (χ1v) is 5.51. The third-order valence-electron chi connectivity index (χ3n) is 2.05. The summed E-state index contributed by atoms with van der Waals surface area (Å²) < 4.78 is 29.9. The molecule has 4 heteroatoms. The second-order valence-electron chi connectivity index (χ2n) is 3.09. The number of hydrogen-bond acceptors (Lipinski definition) is 2. The van der Waals surface area contributed by atoms with E-state index in [0.29, 0.717) is 5.56 Å². The Morgan fingerprint density at radius 1 is 1.31 bits per heavy atom. The molecule has 0 spiro atoms. The Morgan fingerprint density at radius 3 is 2.46 bits per heavy atom. The van der Waals surface area contributed by atoms with Crippen LogP contribution in [0.3, 0.4) is 0 Å². The summed E-state index contributed by atoms with van der Waals surface area (Å²) in [5.74, 6) is -0.305. The SMILES string of the molecule is Cc1cccc(CS(=O)(=O)O)c1C. The quantitative estimate of drug-likeness (QED) is 0.739. The molecule has 0 fully saturated rings. The monoisotopic (exact) mass is 200 g/mol. The van der Waals surface area contributed by atoms with Gasteiger partial charge in [-0.1, -0.05) is 18.2 Å². The Balaban J connectivity index is 3.10. The van der Waals surface area contributed by atoms with Crippen LogP contribution in [-0.2, 0) is 15.9 Å². The highest BCUT2D eigenvalue weighted by Crippen LogP contribution is 2.14. The lowest BCUT2D eigenvalue weighted by Gasteiger charge is -2.05. The summed E-state index contributed by atoms with van der Waals surface area (Å²) in [6, 6.07) is 5.39. The average Bonchev–Trinajstić information content (AvgIpc) is 1.96. The molecular weight excluding hydrogens is 188 g/mol. The lowest BCUT2D eigenvalue weighted by molar-refractivity contribution is 0.482. The van der Waals surface area contributed by atoms with Gasteiger partial charge in [-0.3, -0.25) is 4.55 Å². The van der Waals surface area contributed by atoms with Crippen LogP contribution in [-0.4, -0.2) is 13.0 Å². The van der Waals surface area contributed by atoms with Gasteiger partial charge in [0.25, 0.3) is 10.1 Å². The molecule has 1 aromatic rings. The van der Waals surface area contributed by atoms with Crippen molar-refractivity contribution >= 4 is 10.1 Å². The Bertz CT molecular complexity index is 407. The van der Waals surface area contributed by atoms with Gasteiger partial charge in [-0.2, -0.15) is 8.42 Å². The van der Waals surface area contributed by atoms with Crippen molar-refractivity contribution in [1.29, 1.82) is 0 Å². The van der Waals surface area contributed by atoms with E-state index < -0.39 is 10.1 Å². The van der Waals surface area contributed by atoms with Crippen molar-refractivity contribution in [3.63, 3.8) is 0 Å². The van der Waals surface area contributed by atoms with Gasteiger partial charge >= 0.3 is 0 Å². The number of rotatable bonds is 2. The minimum atomic E-state index is -3.92. The van der Waals surface area contributed by atoms with Crippen LogP contribution in [0.15, 0.2) is 18.2 Å². The van der Waals surface area contributed by atoms with E-state index in [4.69, 9.17) is 4.55 Å². The molecular formula is C9H12O3S. The molecule has 3 nitrogen and oxygen atoms in total. The summed E-state index contributed by atoms with van der Waals surface area (Å²) in [5, 5.41) is 0. The summed E-state index contributed by atoms with van der Waals surface area (Å²) in [4.78, 5) is 0. The molecule has 0 atom stereocenters. The normalized spacial score (nSPS) is 11.6. The van der Waals surface area contributed by atoms with Crippen molar-refractivity contribution in [2.75, 3.05) is 0 Å². The van der Waals surface area contributed by atoms with Crippen LogP contribution in [0.2, 0.25) is 0 Å². The van der Waals surface area contributed by atoms with E-state index in [-0.39, 0.29) is 5.75 Å². The van der Waals surface area contributed by atoms with E-state index in [9.17, 15) is 8.42 Å². The fourth-order valence-corrected chi connectivity index (χ4v) is 1.87. The van der Waals surface area contributed by atoms with Crippen molar-refractivity contribution in [3.05, 3.63) is 34.9 Å². The minimum Gasteiger partial charge on any atom is -0.285 e. The van der Waals surface area contributed by atoms with Gasteiger partial charge < -0.3 is 0 Å². The van der Waals surface area contributed by atoms with E-state index in [1.807, 2.05) is 19.9 Å². The van der Waals surface area contributed by atoms with Gasteiger partial charge in [0.05, 0.1) is 0 Å². The van der Waals surface area contributed by atoms with E-state index in [0.717, 1.165) is 11.1 Å². The van der Waals surface area contributed by atoms with Crippen LogP contribution in [0.1, 0.15) is 16.7 Å². The van der Waals surface area contributed by atoms with Gasteiger partial charge in [-0.15, -0.1) is 0 Å². The van der Waals surface area contributed by atoms with E-state index in [2.05, 4.69) is 0 Å². The van der Waals surface area contributed by atoms with Crippen molar-refractivity contribution in [2.45, 2.75) is 19.6 Å². The molecule has 13 heavy (non-hydrogen) atoms. The van der Waals surface area contributed by atoms with Crippen LogP contribution in [0, 0.1) is 13.8 Å². The molecule has 0 amide bonds. The first-order valence-electron chi connectivity index (χ1n) is 3.90.